The van der Waals surface area contributed by atoms with E-state index in [-0.39, 0.29) is 6.04 Å². The molecular weight excluding hydrogens is 374 g/mol. The molecule has 1 aliphatic heterocycles. The van der Waals surface area contributed by atoms with E-state index in [0.29, 0.717) is 26.6 Å². The maximum atomic E-state index is 6.82. The average molecular weight is 390 g/mol. The van der Waals surface area contributed by atoms with E-state index in [1.807, 2.05) is 18.2 Å². The lowest BCUT2D eigenvalue weighted by atomic mass is 9.85. The number of hydrogen-bond donors (Lipinski definition) is 1. The molecule has 0 bridgehead atoms. The SMILES string of the molecule is CC(C)N1CC(N)(c2ccc(Cl)c(Cl)c2)c2c(Cl)cc(Cl)cc21. The van der Waals surface area contributed by atoms with Crippen molar-refractivity contribution in [2.45, 2.75) is 25.4 Å². The molecule has 23 heavy (non-hydrogen) atoms. The highest BCUT2D eigenvalue weighted by atomic mass is 35.5. The van der Waals surface area contributed by atoms with Gasteiger partial charge in [0, 0.05) is 33.9 Å². The number of hydrogen-bond acceptors (Lipinski definition) is 2. The zero-order chi connectivity index (χ0) is 16.9. The van der Waals surface area contributed by atoms with E-state index in [9.17, 15) is 0 Å². The zero-order valence-electron chi connectivity index (χ0n) is 12.7. The molecule has 6 heteroatoms. The van der Waals surface area contributed by atoms with Crippen LogP contribution >= 0.6 is 46.4 Å². The van der Waals surface area contributed by atoms with E-state index >= 15 is 0 Å². The summed E-state index contributed by atoms with van der Waals surface area (Å²) in [6, 6.07) is 9.36. The van der Waals surface area contributed by atoms with Crippen molar-refractivity contribution in [3.8, 4) is 0 Å². The van der Waals surface area contributed by atoms with Gasteiger partial charge in [0.2, 0.25) is 0 Å². The van der Waals surface area contributed by atoms with Crippen LogP contribution in [0.3, 0.4) is 0 Å². The monoisotopic (exact) mass is 388 g/mol. The summed E-state index contributed by atoms with van der Waals surface area (Å²) in [4.78, 5) is 2.20. The quantitative estimate of drug-likeness (QED) is 0.710. The Bertz CT molecular complexity index is 775. The Kier molecular flexibility index (Phi) is 4.50. The maximum Gasteiger partial charge on any atom is 0.0879 e. The Morgan fingerprint density at radius 1 is 1.00 bits per heavy atom. The molecule has 1 heterocycles. The largest absolute Gasteiger partial charge is 0.366 e. The van der Waals surface area contributed by atoms with E-state index in [2.05, 4.69) is 18.7 Å². The summed E-state index contributed by atoms with van der Waals surface area (Å²) in [5, 5.41) is 2.13. The predicted octanol–water partition coefficient (Wildman–Crippen LogP) is 5.73. The van der Waals surface area contributed by atoms with Gasteiger partial charge in [-0.15, -0.1) is 0 Å². The molecule has 0 saturated heterocycles. The third kappa shape index (κ3) is 2.81. The van der Waals surface area contributed by atoms with Crippen molar-refractivity contribution in [2.75, 3.05) is 11.4 Å². The molecule has 2 aromatic carbocycles. The van der Waals surface area contributed by atoms with Gasteiger partial charge in [0.1, 0.15) is 0 Å². The summed E-state index contributed by atoms with van der Waals surface area (Å²) < 4.78 is 0. The Labute approximate surface area is 156 Å². The molecule has 1 unspecified atom stereocenters. The highest BCUT2D eigenvalue weighted by Crippen LogP contribution is 2.48. The van der Waals surface area contributed by atoms with Crippen molar-refractivity contribution in [3.05, 3.63) is 61.5 Å². The van der Waals surface area contributed by atoms with E-state index in [1.54, 1.807) is 12.1 Å². The highest BCUT2D eigenvalue weighted by molar-refractivity contribution is 6.42. The van der Waals surface area contributed by atoms with Crippen LogP contribution in [-0.2, 0) is 5.54 Å². The van der Waals surface area contributed by atoms with Crippen LogP contribution in [0.5, 0.6) is 0 Å². The van der Waals surface area contributed by atoms with Crippen molar-refractivity contribution < 1.29 is 0 Å². The number of anilines is 1. The minimum atomic E-state index is -0.768. The van der Waals surface area contributed by atoms with Crippen molar-refractivity contribution in [1.29, 1.82) is 0 Å². The molecule has 0 saturated carbocycles. The fourth-order valence-corrected chi connectivity index (χ4v) is 4.08. The predicted molar refractivity (Wildman–Crippen MR) is 100 cm³/mol. The van der Waals surface area contributed by atoms with Gasteiger partial charge in [0.25, 0.3) is 0 Å². The highest BCUT2D eigenvalue weighted by Gasteiger charge is 2.44. The van der Waals surface area contributed by atoms with Crippen LogP contribution in [0.25, 0.3) is 0 Å². The van der Waals surface area contributed by atoms with Crippen LogP contribution in [0, 0.1) is 0 Å². The maximum absolute atomic E-state index is 6.82. The van der Waals surface area contributed by atoms with Crippen molar-refractivity contribution in [3.63, 3.8) is 0 Å². The van der Waals surface area contributed by atoms with E-state index in [4.69, 9.17) is 52.1 Å². The second-order valence-corrected chi connectivity index (χ2v) is 7.76. The molecule has 122 valence electrons. The molecule has 1 aliphatic rings. The number of nitrogens with zero attached hydrogens (tertiary/aromatic N) is 1. The molecule has 1 atom stereocenters. The van der Waals surface area contributed by atoms with Crippen LogP contribution in [0.15, 0.2) is 30.3 Å². The normalized spacial score (nSPS) is 20.3. The first-order valence-corrected chi connectivity index (χ1v) is 8.76. The van der Waals surface area contributed by atoms with Gasteiger partial charge in [-0.3, -0.25) is 0 Å². The van der Waals surface area contributed by atoms with Gasteiger partial charge >= 0.3 is 0 Å². The fraction of sp³-hybridized carbons (Fsp3) is 0.294. The average Bonchev–Trinajstić information content (AvgIpc) is 2.76. The Morgan fingerprint density at radius 3 is 2.30 bits per heavy atom. The van der Waals surface area contributed by atoms with Crippen molar-refractivity contribution in [1.82, 2.24) is 0 Å². The van der Waals surface area contributed by atoms with E-state index in [1.165, 1.54) is 0 Å². The smallest absolute Gasteiger partial charge is 0.0879 e. The molecule has 3 rings (SSSR count). The van der Waals surface area contributed by atoms with Crippen LogP contribution in [0.2, 0.25) is 20.1 Å². The lowest BCUT2D eigenvalue weighted by Gasteiger charge is -2.29. The molecule has 0 fully saturated rings. The Balaban J connectivity index is 2.24. The first kappa shape index (κ1) is 17.2. The molecule has 0 amide bonds. The van der Waals surface area contributed by atoms with Crippen LogP contribution in [-0.4, -0.2) is 12.6 Å². The van der Waals surface area contributed by atoms with Crippen LogP contribution in [0.4, 0.5) is 5.69 Å². The summed E-state index contributed by atoms with van der Waals surface area (Å²) in [7, 11) is 0. The minimum absolute atomic E-state index is 0.261. The molecule has 2 aromatic rings. The fourth-order valence-electron chi connectivity index (χ4n) is 3.13. The van der Waals surface area contributed by atoms with Gasteiger partial charge in [0.05, 0.1) is 15.6 Å². The van der Waals surface area contributed by atoms with Gasteiger partial charge < -0.3 is 10.6 Å². The summed E-state index contributed by atoms with van der Waals surface area (Å²) in [5.74, 6) is 0. The van der Waals surface area contributed by atoms with Crippen LogP contribution in [0.1, 0.15) is 25.0 Å². The molecule has 2 nitrogen and oxygen atoms in total. The standard InChI is InChI=1S/C17H16Cl4N2/c1-9(2)23-8-17(22,10-3-4-12(19)13(20)5-10)16-14(21)6-11(18)7-15(16)23/h3-7,9H,8,22H2,1-2H3. The second-order valence-electron chi connectivity index (χ2n) is 6.10. The molecule has 2 N–H and O–H groups in total. The van der Waals surface area contributed by atoms with Crippen LogP contribution < -0.4 is 10.6 Å². The number of fused-ring (bicyclic) bond motifs is 1. The van der Waals surface area contributed by atoms with Gasteiger partial charge in [0.15, 0.2) is 0 Å². The minimum Gasteiger partial charge on any atom is -0.366 e. The first-order valence-electron chi connectivity index (χ1n) is 7.24. The lowest BCUT2D eigenvalue weighted by molar-refractivity contribution is 0.542. The second kappa shape index (κ2) is 6.02. The summed E-state index contributed by atoms with van der Waals surface area (Å²) in [6.07, 6.45) is 0. The first-order chi connectivity index (χ1) is 10.7. The number of benzene rings is 2. The topological polar surface area (TPSA) is 29.3 Å². The number of nitrogens with two attached hydrogens (primary N) is 1. The van der Waals surface area contributed by atoms with Gasteiger partial charge in [-0.2, -0.15) is 0 Å². The third-order valence-corrected chi connectivity index (χ3v) is 5.52. The molecular formula is C17H16Cl4N2. The molecule has 0 aliphatic carbocycles. The van der Waals surface area contributed by atoms with Crippen molar-refractivity contribution >= 4 is 52.1 Å². The summed E-state index contributed by atoms with van der Waals surface area (Å²) in [5.41, 5.74) is 8.76. The molecule has 0 aromatic heterocycles. The van der Waals surface area contributed by atoms with E-state index in [0.717, 1.165) is 16.8 Å². The summed E-state index contributed by atoms with van der Waals surface area (Å²) in [6.45, 7) is 4.82. The van der Waals surface area contributed by atoms with Gasteiger partial charge in [-0.25, -0.2) is 0 Å². The Morgan fingerprint density at radius 2 is 1.70 bits per heavy atom. The molecule has 0 spiro atoms. The number of halogens is 4. The van der Waals surface area contributed by atoms with Crippen molar-refractivity contribution in [2.24, 2.45) is 5.73 Å². The summed E-state index contributed by atoms with van der Waals surface area (Å²) >= 11 is 24.9. The lowest BCUT2D eigenvalue weighted by Crippen LogP contribution is -2.44. The van der Waals surface area contributed by atoms with E-state index < -0.39 is 5.54 Å². The zero-order valence-corrected chi connectivity index (χ0v) is 15.7. The van der Waals surface area contributed by atoms with Gasteiger partial charge in [-0.05, 0) is 43.7 Å². The number of rotatable bonds is 2. The third-order valence-electron chi connectivity index (χ3n) is 4.27. The van der Waals surface area contributed by atoms with Gasteiger partial charge in [-0.1, -0.05) is 52.5 Å². The Hall–Kier alpha value is -0.640. The molecule has 0 radical (unpaired) electrons.